The van der Waals surface area contributed by atoms with Crippen LogP contribution < -0.4 is 0 Å². The summed E-state index contributed by atoms with van der Waals surface area (Å²) < 4.78 is 28.8. The van der Waals surface area contributed by atoms with E-state index in [1.54, 1.807) is 30.7 Å². The highest BCUT2D eigenvalue weighted by molar-refractivity contribution is 7.89. The molecule has 0 bridgehead atoms. The average Bonchev–Trinajstić information content (AvgIpc) is 3.07. The van der Waals surface area contributed by atoms with Gasteiger partial charge in [-0.05, 0) is 18.2 Å². The van der Waals surface area contributed by atoms with Gasteiger partial charge >= 0.3 is 0 Å². The molecule has 0 amide bonds. The SMILES string of the molecule is O=S(=O)(c1cccc(Cl)c1)N1CCN(CCn2ccnc2)CC1. The second kappa shape index (κ2) is 7.00. The Bertz CT molecular complexity index is 741. The van der Waals surface area contributed by atoms with Crippen molar-refractivity contribution in [3.05, 3.63) is 48.0 Å². The Morgan fingerprint density at radius 2 is 1.91 bits per heavy atom. The van der Waals surface area contributed by atoms with E-state index in [1.165, 1.54) is 10.4 Å². The number of imidazole rings is 1. The Hall–Kier alpha value is -1.41. The molecular weight excluding hydrogens is 336 g/mol. The lowest BCUT2D eigenvalue weighted by Gasteiger charge is -2.34. The van der Waals surface area contributed by atoms with E-state index >= 15 is 0 Å². The minimum atomic E-state index is -3.46. The van der Waals surface area contributed by atoms with Crippen molar-refractivity contribution in [3.8, 4) is 0 Å². The molecule has 1 aromatic carbocycles. The molecule has 0 spiro atoms. The minimum Gasteiger partial charge on any atom is -0.336 e. The molecule has 124 valence electrons. The summed E-state index contributed by atoms with van der Waals surface area (Å²) in [7, 11) is -3.46. The molecule has 1 aromatic heterocycles. The van der Waals surface area contributed by atoms with Gasteiger partial charge in [0, 0.05) is 56.7 Å². The summed E-state index contributed by atoms with van der Waals surface area (Å²) in [6, 6.07) is 6.43. The Balaban J connectivity index is 1.57. The number of halogens is 1. The Morgan fingerprint density at radius 1 is 1.13 bits per heavy atom. The van der Waals surface area contributed by atoms with Crippen LogP contribution in [0, 0.1) is 0 Å². The summed E-state index contributed by atoms with van der Waals surface area (Å²) in [6.07, 6.45) is 5.48. The van der Waals surface area contributed by atoms with Crippen LogP contribution in [0.2, 0.25) is 5.02 Å². The van der Waals surface area contributed by atoms with Crippen molar-refractivity contribution in [1.82, 2.24) is 18.8 Å². The number of aromatic nitrogens is 2. The minimum absolute atomic E-state index is 0.261. The van der Waals surface area contributed by atoms with E-state index in [4.69, 9.17) is 11.6 Å². The molecule has 1 fully saturated rings. The van der Waals surface area contributed by atoms with E-state index in [2.05, 4.69) is 9.88 Å². The summed E-state index contributed by atoms with van der Waals surface area (Å²) >= 11 is 5.90. The lowest BCUT2D eigenvalue weighted by atomic mass is 10.3. The number of piperazine rings is 1. The maximum Gasteiger partial charge on any atom is 0.243 e. The highest BCUT2D eigenvalue weighted by atomic mass is 35.5. The summed E-state index contributed by atoms with van der Waals surface area (Å²) in [5.74, 6) is 0. The molecule has 0 radical (unpaired) electrons. The van der Waals surface area contributed by atoms with Crippen molar-refractivity contribution in [1.29, 1.82) is 0 Å². The molecule has 0 N–H and O–H groups in total. The molecule has 1 saturated heterocycles. The highest BCUT2D eigenvalue weighted by Crippen LogP contribution is 2.20. The van der Waals surface area contributed by atoms with Gasteiger partial charge in [0.2, 0.25) is 10.0 Å². The molecule has 0 atom stereocenters. The van der Waals surface area contributed by atoms with Gasteiger partial charge in [-0.1, -0.05) is 17.7 Å². The van der Waals surface area contributed by atoms with Crippen LogP contribution in [0.25, 0.3) is 0 Å². The molecule has 2 aromatic rings. The third kappa shape index (κ3) is 3.92. The fourth-order valence-electron chi connectivity index (χ4n) is 2.65. The normalized spacial score (nSPS) is 17.4. The molecule has 1 aliphatic rings. The zero-order valence-electron chi connectivity index (χ0n) is 12.7. The van der Waals surface area contributed by atoms with Gasteiger partial charge in [-0.15, -0.1) is 0 Å². The molecule has 0 saturated carbocycles. The fourth-order valence-corrected chi connectivity index (χ4v) is 4.37. The van der Waals surface area contributed by atoms with Crippen molar-refractivity contribution in [2.45, 2.75) is 11.4 Å². The summed E-state index contributed by atoms with van der Waals surface area (Å²) in [5.41, 5.74) is 0. The maximum atomic E-state index is 12.6. The molecule has 6 nitrogen and oxygen atoms in total. The van der Waals surface area contributed by atoms with Crippen LogP contribution in [-0.4, -0.2) is 59.9 Å². The van der Waals surface area contributed by atoms with E-state index in [0.29, 0.717) is 18.1 Å². The first-order valence-electron chi connectivity index (χ1n) is 7.49. The lowest BCUT2D eigenvalue weighted by Crippen LogP contribution is -2.49. The topological polar surface area (TPSA) is 58.4 Å². The van der Waals surface area contributed by atoms with Gasteiger partial charge < -0.3 is 4.57 Å². The maximum absolute atomic E-state index is 12.6. The molecule has 0 aliphatic carbocycles. The van der Waals surface area contributed by atoms with Crippen molar-refractivity contribution in [3.63, 3.8) is 0 Å². The largest absolute Gasteiger partial charge is 0.336 e. The molecule has 2 heterocycles. The first kappa shape index (κ1) is 16.4. The molecule has 1 aliphatic heterocycles. The zero-order valence-corrected chi connectivity index (χ0v) is 14.2. The van der Waals surface area contributed by atoms with Gasteiger partial charge in [0.25, 0.3) is 0 Å². The van der Waals surface area contributed by atoms with Gasteiger partial charge in [0.15, 0.2) is 0 Å². The predicted octanol–water partition coefficient (Wildman–Crippen LogP) is 1.54. The first-order valence-corrected chi connectivity index (χ1v) is 9.31. The molecule has 3 rings (SSSR count). The number of hydrogen-bond donors (Lipinski definition) is 0. The highest BCUT2D eigenvalue weighted by Gasteiger charge is 2.28. The number of nitrogens with zero attached hydrogens (tertiary/aromatic N) is 4. The number of rotatable bonds is 5. The fraction of sp³-hybridized carbons (Fsp3) is 0.400. The summed E-state index contributed by atoms with van der Waals surface area (Å²) in [5, 5.41) is 0.435. The van der Waals surface area contributed by atoms with Crippen molar-refractivity contribution >= 4 is 21.6 Å². The average molecular weight is 355 g/mol. The van der Waals surface area contributed by atoms with Crippen LogP contribution in [0.15, 0.2) is 47.9 Å². The number of hydrogen-bond acceptors (Lipinski definition) is 4. The van der Waals surface area contributed by atoms with Gasteiger partial charge in [0.1, 0.15) is 0 Å². The van der Waals surface area contributed by atoms with Gasteiger partial charge in [-0.3, -0.25) is 4.90 Å². The Morgan fingerprint density at radius 3 is 2.57 bits per heavy atom. The van der Waals surface area contributed by atoms with E-state index in [-0.39, 0.29) is 4.90 Å². The van der Waals surface area contributed by atoms with Crippen LogP contribution >= 0.6 is 11.6 Å². The smallest absolute Gasteiger partial charge is 0.243 e. The second-order valence-electron chi connectivity index (χ2n) is 5.50. The van der Waals surface area contributed by atoms with E-state index < -0.39 is 10.0 Å². The van der Waals surface area contributed by atoms with Crippen LogP contribution in [0.1, 0.15) is 0 Å². The predicted molar refractivity (Wildman–Crippen MR) is 88.9 cm³/mol. The third-order valence-electron chi connectivity index (χ3n) is 4.00. The van der Waals surface area contributed by atoms with E-state index in [0.717, 1.165) is 26.2 Å². The van der Waals surface area contributed by atoms with Gasteiger partial charge in [-0.2, -0.15) is 4.31 Å². The summed E-state index contributed by atoms with van der Waals surface area (Å²) in [6.45, 7) is 4.21. The Kier molecular flexibility index (Phi) is 5.01. The molecule has 8 heteroatoms. The van der Waals surface area contributed by atoms with Crippen molar-refractivity contribution in [2.24, 2.45) is 0 Å². The number of sulfonamides is 1. The van der Waals surface area contributed by atoms with Gasteiger partial charge in [0.05, 0.1) is 11.2 Å². The van der Waals surface area contributed by atoms with Crippen LogP contribution in [0.3, 0.4) is 0 Å². The molecule has 23 heavy (non-hydrogen) atoms. The monoisotopic (exact) mass is 354 g/mol. The Labute approximate surface area is 141 Å². The quantitative estimate of drug-likeness (QED) is 0.817. The van der Waals surface area contributed by atoms with Crippen LogP contribution in [0.4, 0.5) is 0 Å². The standard InChI is InChI=1S/C15H19ClN4O2S/c16-14-2-1-3-15(12-14)23(21,22)20-10-8-18(9-11-20)6-7-19-5-4-17-13-19/h1-5,12-13H,6-11H2. The third-order valence-corrected chi connectivity index (χ3v) is 6.13. The van der Waals surface area contributed by atoms with Gasteiger partial charge in [-0.25, -0.2) is 13.4 Å². The second-order valence-corrected chi connectivity index (χ2v) is 7.88. The van der Waals surface area contributed by atoms with E-state index in [1.807, 2.05) is 10.8 Å². The summed E-state index contributed by atoms with van der Waals surface area (Å²) in [4.78, 5) is 6.55. The molecular formula is C15H19ClN4O2S. The molecule has 0 unspecified atom stereocenters. The van der Waals surface area contributed by atoms with Crippen LogP contribution in [-0.2, 0) is 16.6 Å². The van der Waals surface area contributed by atoms with Crippen molar-refractivity contribution < 1.29 is 8.42 Å². The number of benzene rings is 1. The van der Waals surface area contributed by atoms with E-state index in [9.17, 15) is 8.42 Å². The first-order chi connectivity index (χ1) is 11.1. The lowest BCUT2D eigenvalue weighted by molar-refractivity contribution is 0.183. The van der Waals surface area contributed by atoms with Crippen LogP contribution in [0.5, 0.6) is 0 Å². The zero-order chi connectivity index (χ0) is 16.3. The van der Waals surface area contributed by atoms with Crippen molar-refractivity contribution in [2.75, 3.05) is 32.7 Å².